The Balaban J connectivity index is 0.00000320. The highest BCUT2D eigenvalue weighted by Gasteiger charge is 2.22. The zero-order chi connectivity index (χ0) is 20.6. The van der Waals surface area contributed by atoms with Crippen LogP contribution in [0.3, 0.4) is 0 Å². The highest BCUT2D eigenvalue weighted by atomic mass is 127. The smallest absolute Gasteiger partial charge is 0.221 e. The van der Waals surface area contributed by atoms with Crippen molar-refractivity contribution in [1.82, 2.24) is 10.6 Å². The maximum Gasteiger partial charge on any atom is 0.221 e. The summed E-state index contributed by atoms with van der Waals surface area (Å²) >= 11 is 0. The topological polar surface area (TPSA) is 74.8 Å². The molecule has 1 aliphatic carbocycles. The summed E-state index contributed by atoms with van der Waals surface area (Å²) in [6, 6.07) is 14.1. The van der Waals surface area contributed by atoms with E-state index in [1.807, 2.05) is 24.3 Å². The van der Waals surface area contributed by atoms with E-state index >= 15 is 0 Å². The molecular weight excluding hydrogens is 491 g/mol. The number of nitrogens with zero attached hydrogens (tertiary/aromatic N) is 1. The Hall–Kier alpha value is -2.29. The lowest BCUT2D eigenvalue weighted by Gasteiger charge is -2.16. The molecule has 0 heterocycles. The third kappa shape index (κ3) is 7.85. The second kappa shape index (κ2) is 11.8. The van der Waals surface area contributed by atoms with E-state index in [2.05, 4.69) is 46.1 Å². The standard InChI is InChI=1S/C23H30N4O2.HI/c1-16-7-10-20(22(11-16)29-15-18-8-9-18)14-26-23(24-3)25-13-19-5-4-6-21(12-19)27-17(2)28;/h4-7,10-12,18H,8-9,13-15H2,1-3H3,(H,27,28)(H2,24,25,26);1H. The van der Waals surface area contributed by atoms with Gasteiger partial charge in [0.15, 0.2) is 5.96 Å². The van der Waals surface area contributed by atoms with Crippen LogP contribution >= 0.6 is 24.0 Å². The number of rotatable bonds is 8. The van der Waals surface area contributed by atoms with Crippen molar-refractivity contribution in [3.63, 3.8) is 0 Å². The van der Waals surface area contributed by atoms with Crippen molar-refractivity contribution >= 4 is 41.5 Å². The Labute approximate surface area is 195 Å². The van der Waals surface area contributed by atoms with E-state index in [0.29, 0.717) is 19.0 Å². The first kappa shape index (κ1) is 24.0. The number of aryl methyl sites for hydroxylation is 1. The van der Waals surface area contributed by atoms with Crippen LogP contribution in [0.1, 0.15) is 36.5 Å². The zero-order valence-corrected chi connectivity index (χ0v) is 20.2. The Bertz CT molecular complexity index is 881. The van der Waals surface area contributed by atoms with Gasteiger partial charge in [-0.1, -0.05) is 24.3 Å². The van der Waals surface area contributed by atoms with Crippen molar-refractivity contribution in [3.05, 3.63) is 59.2 Å². The van der Waals surface area contributed by atoms with Gasteiger partial charge in [0.25, 0.3) is 0 Å². The molecule has 1 aliphatic rings. The molecule has 6 nitrogen and oxygen atoms in total. The Kier molecular flexibility index (Phi) is 9.42. The van der Waals surface area contributed by atoms with Crippen molar-refractivity contribution in [3.8, 4) is 5.75 Å². The van der Waals surface area contributed by atoms with Crippen LogP contribution in [-0.2, 0) is 17.9 Å². The van der Waals surface area contributed by atoms with Gasteiger partial charge in [0.1, 0.15) is 5.75 Å². The zero-order valence-electron chi connectivity index (χ0n) is 17.8. The maximum absolute atomic E-state index is 11.2. The summed E-state index contributed by atoms with van der Waals surface area (Å²) in [5.74, 6) is 2.30. The first-order chi connectivity index (χ1) is 14.0. The highest BCUT2D eigenvalue weighted by Crippen LogP contribution is 2.30. The fourth-order valence-corrected chi connectivity index (χ4v) is 2.98. The van der Waals surface area contributed by atoms with Gasteiger partial charge >= 0.3 is 0 Å². The summed E-state index contributed by atoms with van der Waals surface area (Å²) < 4.78 is 6.05. The van der Waals surface area contributed by atoms with E-state index in [4.69, 9.17) is 4.74 Å². The molecule has 7 heteroatoms. The van der Waals surface area contributed by atoms with Gasteiger partial charge in [0.2, 0.25) is 5.91 Å². The van der Waals surface area contributed by atoms with Gasteiger partial charge in [-0.2, -0.15) is 0 Å². The number of amides is 1. The van der Waals surface area contributed by atoms with Crippen molar-refractivity contribution in [2.24, 2.45) is 10.9 Å². The number of halogens is 1. The third-order valence-electron chi connectivity index (χ3n) is 4.77. The number of carbonyl (C=O) groups excluding carboxylic acids is 1. The summed E-state index contributed by atoms with van der Waals surface area (Å²) in [6.45, 7) is 5.62. The number of hydrogen-bond acceptors (Lipinski definition) is 3. The van der Waals surface area contributed by atoms with Gasteiger partial charge in [0, 0.05) is 38.3 Å². The normalized spacial score (nSPS) is 13.2. The minimum atomic E-state index is -0.0783. The average Bonchev–Trinajstić information content (AvgIpc) is 3.52. The van der Waals surface area contributed by atoms with Gasteiger partial charge in [-0.25, -0.2) is 0 Å². The molecule has 0 radical (unpaired) electrons. The average molecular weight is 522 g/mol. The van der Waals surface area contributed by atoms with Gasteiger partial charge in [-0.15, -0.1) is 24.0 Å². The summed E-state index contributed by atoms with van der Waals surface area (Å²) in [4.78, 5) is 15.5. The minimum absolute atomic E-state index is 0. The Morgan fingerprint density at radius 3 is 2.60 bits per heavy atom. The van der Waals surface area contributed by atoms with Gasteiger partial charge in [0.05, 0.1) is 6.61 Å². The largest absolute Gasteiger partial charge is 0.493 e. The molecule has 3 N–H and O–H groups in total. The fraction of sp³-hybridized carbons (Fsp3) is 0.391. The first-order valence-corrected chi connectivity index (χ1v) is 10.1. The van der Waals surface area contributed by atoms with Crippen LogP contribution in [0.25, 0.3) is 0 Å². The maximum atomic E-state index is 11.2. The molecule has 1 fully saturated rings. The van der Waals surface area contributed by atoms with E-state index in [1.54, 1.807) is 7.05 Å². The number of anilines is 1. The van der Waals surface area contributed by atoms with E-state index in [-0.39, 0.29) is 29.9 Å². The van der Waals surface area contributed by atoms with E-state index in [0.717, 1.165) is 35.1 Å². The second-order valence-corrected chi connectivity index (χ2v) is 7.53. The van der Waals surface area contributed by atoms with Crippen molar-refractivity contribution < 1.29 is 9.53 Å². The summed E-state index contributed by atoms with van der Waals surface area (Å²) in [5, 5.41) is 9.47. The minimum Gasteiger partial charge on any atom is -0.493 e. The predicted octanol–water partition coefficient (Wildman–Crippen LogP) is 4.23. The van der Waals surface area contributed by atoms with Crippen LogP contribution in [0.5, 0.6) is 5.75 Å². The van der Waals surface area contributed by atoms with Crippen LogP contribution in [0.4, 0.5) is 5.69 Å². The summed E-state index contributed by atoms with van der Waals surface area (Å²) in [5.41, 5.74) is 4.16. The van der Waals surface area contributed by atoms with Crippen LogP contribution in [0, 0.1) is 12.8 Å². The van der Waals surface area contributed by atoms with Crippen LogP contribution < -0.4 is 20.7 Å². The monoisotopic (exact) mass is 522 g/mol. The second-order valence-electron chi connectivity index (χ2n) is 7.53. The molecule has 0 spiro atoms. The predicted molar refractivity (Wildman–Crippen MR) is 133 cm³/mol. The molecule has 0 aliphatic heterocycles. The molecule has 0 unspecified atom stereocenters. The first-order valence-electron chi connectivity index (χ1n) is 10.1. The molecule has 1 saturated carbocycles. The Morgan fingerprint density at radius 1 is 1.13 bits per heavy atom. The lowest BCUT2D eigenvalue weighted by Crippen LogP contribution is -2.36. The van der Waals surface area contributed by atoms with Gasteiger partial charge in [-0.3, -0.25) is 9.79 Å². The summed E-state index contributed by atoms with van der Waals surface area (Å²) in [7, 11) is 1.75. The molecule has 0 aromatic heterocycles. The SMILES string of the molecule is CN=C(NCc1cccc(NC(C)=O)c1)NCc1ccc(C)cc1OCC1CC1.I. The molecular formula is C23H31IN4O2. The molecule has 2 aromatic rings. The van der Waals surface area contributed by atoms with Crippen LogP contribution in [0.15, 0.2) is 47.5 Å². The number of guanidine groups is 1. The number of ether oxygens (including phenoxy) is 1. The molecule has 0 atom stereocenters. The Morgan fingerprint density at radius 2 is 1.90 bits per heavy atom. The quantitative estimate of drug-likeness (QED) is 0.276. The molecule has 0 saturated heterocycles. The third-order valence-corrected chi connectivity index (χ3v) is 4.77. The van der Waals surface area contributed by atoms with Crippen molar-refractivity contribution in [1.29, 1.82) is 0 Å². The molecule has 0 bridgehead atoms. The lowest BCUT2D eigenvalue weighted by molar-refractivity contribution is -0.114. The number of hydrogen-bond donors (Lipinski definition) is 3. The number of benzene rings is 2. The van der Waals surface area contributed by atoms with Gasteiger partial charge < -0.3 is 20.7 Å². The number of aliphatic imine (C=N–C) groups is 1. The van der Waals surface area contributed by atoms with Crippen LogP contribution in [-0.4, -0.2) is 25.5 Å². The van der Waals surface area contributed by atoms with Crippen molar-refractivity contribution in [2.75, 3.05) is 19.0 Å². The van der Waals surface area contributed by atoms with Gasteiger partial charge in [-0.05, 0) is 55.0 Å². The molecule has 30 heavy (non-hydrogen) atoms. The lowest BCUT2D eigenvalue weighted by atomic mass is 10.1. The van der Waals surface area contributed by atoms with Crippen molar-refractivity contribution in [2.45, 2.75) is 39.8 Å². The number of carbonyl (C=O) groups is 1. The molecule has 3 rings (SSSR count). The fourth-order valence-electron chi connectivity index (χ4n) is 2.98. The number of nitrogens with one attached hydrogen (secondary N) is 3. The molecule has 1 amide bonds. The molecule has 2 aromatic carbocycles. The van der Waals surface area contributed by atoms with Crippen LogP contribution in [0.2, 0.25) is 0 Å². The van der Waals surface area contributed by atoms with E-state index in [9.17, 15) is 4.79 Å². The highest BCUT2D eigenvalue weighted by molar-refractivity contribution is 14.0. The summed E-state index contributed by atoms with van der Waals surface area (Å²) in [6.07, 6.45) is 2.55. The molecule has 162 valence electrons. The van der Waals surface area contributed by atoms with E-state index < -0.39 is 0 Å². The van der Waals surface area contributed by atoms with E-state index in [1.165, 1.54) is 25.3 Å².